The van der Waals surface area contributed by atoms with Crippen molar-refractivity contribution in [2.24, 2.45) is 5.92 Å². The monoisotopic (exact) mass is 478 g/mol. The van der Waals surface area contributed by atoms with Crippen LogP contribution in [0.5, 0.6) is 5.75 Å². The molecule has 0 aliphatic carbocycles. The first-order valence-electron chi connectivity index (χ1n) is 10.7. The molecule has 3 rings (SSSR count). The van der Waals surface area contributed by atoms with Crippen molar-refractivity contribution in [3.8, 4) is 5.75 Å². The molecule has 0 radical (unpaired) electrons. The van der Waals surface area contributed by atoms with Gasteiger partial charge in [0.2, 0.25) is 5.91 Å². The van der Waals surface area contributed by atoms with Crippen LogP contribution in [0.25, 0.3) is 0 Å². The van der Waals surface area contributed by atoms with E-state index in [2.05, 4.69) is 10.1 Å². The predicted molar refractivity (Wildman–Crippen MR) is 117 cm³/mol. The van der Waals surface area contributed by atoms with Crippen molar-refractivity contribution in [2.75, 3.05) is 32.1 Å². The Kier molecular flexibility index (Phi) is 7.80. The summed E-state index contributed by atoms with van der Waals surface area (Å²) in [6, 6.07) is 9.14. The molecule has 0 aromatic heterocycles. The zero-order valence-electron chi connectivity index (χ0n) is 18.8. The molecule has 1 fully saturated rings. The van der Waals surface area contributed by atoms with E-state index in [1.54, 1.807) is 30.0 Å². The van der Waals surface area contributed by atoms with Gasteiger partial charge >= 0.3 is 12.1 Å². The van der Waals surface area contributed by atoms with E-state index in [4.69, 9.17) is 4.74 Å². The fourth-order valence-electron chi connectivity index (χ4n) is 3.63. The van der Waals surface area contributed by atoms with Crippen LogP contribution >= 0.6 is 0 Å². The zero-order valence-corrected chi connectivity index (χ0v) is 18.8. The van der Waals surface area contributed by atoms with Gasteiger partial charge in [-0.05, 0) is 67.8 Å². The van der Waals surface area contributed by atoms with E-state index in [1.807, 2.05) is 0 Å². The van der Waals surface area contributed by atoms with Gasteiger partial charge < -0.3 is 19.7 Å². The molecule has 0 spiro atoms. The molecule has 1 saturated heterocycles. The van der Waals surface area contributed by atoms with Crippen molar-refractivity contribution in [2.45, 2.75) is 25.9 Å². The second-order valence-corrected chi connectivity index (χ2v) is 7.97. The Balaban J connectivity index is 1.52. The Labute approximate surface area is 194 Å². The zero-order chi connectivity index (χ0) is 24.9. The van der Waals surface area contributed by atoms with Gasteiger partial charge in [0.05, 0.1) is 12.7 Å². The quantitative estimate of drug-likeness (QED) is 0.633. The summed E-state index contributed by atoms with van der Waals surface area (Å²) in [7, 11) is 1.27. The molecule has 1 aliphatic rings. The number of benzene rings is 2. The van der Waals surface area contributed by atoms with Gasteiger partial charge in [0, 0.05) is 30.3 Å². The lowest BCUT2D eigenvalue weighted by Gasteiger charge is -2.31. The number of esters is 1. The summed E-state index contributed by atoms with van der Waals surface area (Å²) >= 11 is 0. The van der Waals surface area contributed by atoms with E-state index in [0.29, 0.717) is 37.4 Å². The minimum Gasteiger partial charge on any atom is -0.482 e. The molecule has 7 nitrogen and oxygen atoms in total. The molecule has 10 heteroatoms. The van der Waals surface area contributed by atoms with E-state index < -0.39 is 17.7 Å². The van der Waals surface area contributed by atoms with Crippen LogP contribution in [0, 0.1) is 12.8 Å². The maximum absolute atomic E-state index is 12.7. The second kappa shape index (κ2) is 10.6. The summed E-state index contributed by atoms with van der Waals surface area (Å²) in [5, 5.41) is 2.88. The van der Waals surface area contributed by atoms with Gasteiger partial charge in [-0.1, -0.05) is 0 Å². The Bertz CT molecular complexity index is 1050. The number of anilines is 1. The number of carbonyl (C=O) groups is 3. The number of methoxy groups -OCH3 is 1. The Morgan fingerprint density at radius 1 is 1.06 bits per heavy atom. The highest BCUT2D eigenvalue weighted by Crippen LogP contribution is 2.30. The number of halogens is 3. The molecule has 0 unspecified atom stereocenters. The fourth-order valence-corrected chi connectivity index (χ4v) is 3.63. The number of alkyl halides is 3. The van der Waals surface area contributed by atoms with Gasteiger partial charge in [-0.2, -0.15) is 13.2 Å². The first-order valence-corrected chi connectivity index (χ1v) is 10.7. The van der Waals surface area contributed by atoms with Crippen LogP contribution in [0.2, 0.25) is 0 Å². The van der Waals surface area contributed by atoms with E-state index in [-0.39, 0.29) is 29.9 Å². The summed E-state index contributed by atoms with van der Waals surface area (Å²) in [5.74, 6) is -0.862. The average Bonchev–Trinajstić information content (AvgIpc) is 2.83. The topological polar surface area (TPSA) is 84.9 Å². The van der Waals surface area contributed by atoms with Crippen LogP contribution in [0.15, 0.2) is 42.5 Å². The summed E-state index contributed by atoms with van der Waals surface area (Å²) in [6.45, 7) is 2.24. The smallest absolute Gasteiger partial charge is 0.416 e. The van der Waals surface area contributed by atoms with Crippen LogP contribution in [-0.4, -0.2) is 49.5 Å². The molecule has 1 N–H and O–H groups in total. The van der Waals surface area contributed by atoms with Crippen LogP contribution < -0.4 is 10.1 Å². The number of aryl methyl sites for hydroxylation is 1. The number of amides is 2. The molecule has 1 aliphatic heterocycles. The molecular formula is C24H25F3N2O5. The predicted octanol–water partition coefficient (Wildman–Crippen LogP) is 4.06. The summed E-state index contributed by atoms with van der Waals surface area (Å²) in [4.78, 5) is 38.1. The molecule has 2 aromatic rings. The van der Waals surface area contributed by atoms with Crippen LogP contribution in [-0.2, 0) is 20.5 Å². The van der Waals surface area contributed by atoms with Crippen LogP contribution in [0.4, 0.5) is 18.9 Å². The molecular weight excluding hydrogens is 453 g/mol. The third-order valence-electron chi connectivity index (χ3n) is 5.65. The molecule has 2 amide bonds. The number of likely N-dealkylation sites (tertiary alicyclic amines) is 1. The van der Waals surface area contributed by atoms with Gasteiger partial charge in [-0.3, -0.25) is 9.59 Å². The largest absolute Gasteiger partial charge is 0.482 e. The fraction of sp³-hybridized carbons (Fsp3) is 0.375. The molecule has 1 heterocycles. The van der Waals surface area contributed by atoms with Crippen molar-refractivity contribution >= 4 is 23.5 Å². The lowest BCUT2D eigenvalue weighted by molar-refractivity contribution is -0.143. The van der Waals surface area contributed by atoms with Gasteiger partial charge in [0.25, 0.3) is 5.91 Å². The van der Waals surface area contributed by atoms with Gasteiger partial charge in [-0.25, -0.2) is 4.79 Å². The Hall–Kier alpha value is -3.56. The average molecular weight is 478 g/mol. The lowest BCUT2D eigenvalue weighted by Crippen LogP contribution is -2.41. The van der Waals surface area contributed by atoms with Crippen molar-refractivity contribution < 1.29 is 37.0 Å². The normalized spacial score (nSPS) is 14.4. The highest BCUT2D eigenvalue weighted by Gasteiger charge is 2.31. The number of hydrogen-bond acceptors (Lipinski definition) is 5. The maximum Gasteiger partial charge on any atom is 0.416 e. The van der Waals surface area contributed by atoms with E-state index in [1.165, 1.54) is 19.2 Å². The number of piperidine rings is 1. The van der Waals surface area contributed by atoms with Gasteiger partial charge in [-0.15, -0.1) is 0 Å². The number of carbonyl (C=O) groups excluding carboxylic acids is 3. The first-order chi connectivity index (χ1) is 16.1. The standard InChI is InChI=1S/C24H25F3N2O5/c1-15-13-19(34-14-21(30)33-2)7-8-20(15)28-22(31)16-9-11-29(12-10-16)23(32)17-3-5-18(6-4-17)24(25,26)27/h3-8,13,16H,9-12,14H2,1-2H3,(H,28,31). The second-order valence-electron chi connectivity index (χ2n) is 7.97. The number of nitrogens with zero attached hydrogens (tertiary/aromatic N) is 1. The molecule has 34 heavy (non-hydrogen) atoms. The molecule has 0 saturated carbocycles. The number of ether oxygens (including phenoxy) is 2. The van der Waals surface area contributed by atoms with Gasteiger partial charge in [0.15, 0.2) is 6.61 Å². The van der Waals surface area contributed by atoms with Crippen molar-refractivity contribution in [3.63, 3.8) is 0 Å². The van der Waals surface area contributed by atoms with Crippen LogP contribution in [0.3, 0.4) is 0 Å². The van der Waals surface area contributed by atoms with Crippen molar-refractivity contribution in [3.05, 3.63) is 59.2 Å². The molecule has 0 atom stereocenters. The maximum atomic E-state index is 12.7. The minimum atomic E-state index is -4.46. The highest BCUT2D eigenvalue weighted by atomic mass is 19.4. The van der Waals surface area contributed by atoms with Crippen LogP contribution in [0.1, 0.15) is 34.3 Å². The SMILES string of the molecule is COC(=O)COc1ccc(NC(=O)C2CCN(C(=O)c3ccc(C(F)(F)F)cc3)CC2)c(C)c1. The molecule has 2 aromatic carbocycles. The summed E-state index contributed by atoms with van der Waals surface area (Å²) in [6.07, 6.45) is -3.57. The molecule has 0 bridgehead atoms. The number of rotatable bonds is 6. The van der Waals surface area contributed by atoms with Crippen molar-refractivity contribution in [1.29, 1.82) is 0 Å². The lowest BCUT2D eigenvalue weighted by atomic mass is 9.95. The summed E-state index contributed by atoms with van der Waals surface area (Å²) in [5.41, 5.74) is 0.739. The number of nitrogens with one attached hydrogen (secondary N) is 1. The third kappa shape index (κ3) is 6.27. The minimum absolute atomic E-state index is 0.173. The third-order valence-corrected chi connectivity index (χ3v) is 5.65. The van der Waals surface area contributed by atoms with E-state index >= 15 is 0 Å². The molecule has 182 valence electrons. The van der Waals surface area contributed by atoms with Gasteiger partial charge in [0.1, 0.15) is 5.75 Å². The van der Waals surface area contributed by atoms with E-state index in [9.17, 15) is 27.6 Å². The summed E-state index contributed by atoms with van der Waals surface area (Å²) < 4.78 is 48.0. The Morgan fingerprint density at radius 3 is 2.26 bits per heavy atom. The van der Waals surface area contributed by atoms with Crippen molar-refractivity contribution in [1.82, 2.24) is 4.90 Å². The number of hydrogen-bond donors (Lipinski definition) is 1. The van der Waals surface area contributed by atoms with E-state index in [0.717, 1.165) is 17.7 Å². The highest BCUT2D eigenvalue weighted by molar-refractivity contribution is 5.95. The first kappa shape index (κ1) is 25.1. The Morgan fingerprint density at radius 2 is 1.71 bits per heavy atom.